The Balaban J connectivity index is 2.61. The van der Waals surface area contributed by atoms with Crippen LogP contribution in [0.3, 0.4) is 0 Å². The van der Waals surface area contributed by atoms with Gasteiger partial charge < -0.3 is 0 Å². The van der Waals surface area contributed by atoms with Crippen LogP contribution in [0.4, 0.5) is 0 Å². The molecule has 0 aliphatic rings. The number of ketones is 1. The number of carbonyl (C=O) groups is 1. The van der Waals surface area contributed by atoms with Crippen molar-refractivity contribution in [2.75, 3.05) is 5.75 Å². The maximum atomic E-state index is 11.0. The minimum Gasteiger partial charge on any atom is -0.295 e. The quantitative estimate of drug-likeness (QED) is 0.593. The zero-order chi connectivity index (χ0) is 11.3. The van der Waals surface area contributed by atoms with E-state index in [0.29, 0.717) is 10.8 Å². The molecule has 0 atom stereocenters. The lowest BCUT2D eigenvalue weighted by atomic mass is 10.2. The van der Waals surface area contributed by atoms with Gasteiger partial charge in [0.05, 0.1) is 0 Å². The van der Waals surface area contributed by atoms with Gasteiger partial charge in [-0.1, -0.05) is 35.3 Å². The van der Waals surface area contributed by atoms with Gasteiger partial charge in [-0.2, -0.15) is 0 Å². The second-order valence-corrected chi connectivity index (χ2v) is 4.68. The van der Waals surface area contributed by atoms with Gasteiger partial charge in [0.15, 0.2) is 5.78 Å². The van der Waals surface area contributed by atoms with Crippen molar-refractivity contribution in [3.05, 3.63) is 40.4 Å². The summed E-state index contributed by atoms with van der Waals surface area (Å²) in [5, 5.41) is 0.609. The average Bonchev–Trinajstić information content (AvgIpc) is 2.26. The van der Waals surface area contributed by atoms with Gasteiger partial charge in [0.2, 0.25) is 0 Å². The Morgan fingerprint density at radius 2 is 2.00 bits per heavy atom. The van der Waals surface area contributed by atoms with Gasteiger partial charge in [0.25, 0.3) is 0 Å². The normalized spacial score (nSPS) is 11.5. The van der Waals surface area contributed by atoms with Crippen molar-refractivity contribution in [2.45, 2.75) is 11.8 Å². The molecule has 0 saturated heterocycles. The Labute approximate surface area is 103 Å². The molecule has 0 bridgehead atoms. The predicted molar refractivity (Wildman–Crippen MR) is 67.0 cm³/mol. The van der Waals surface area contributed by atoms with Gasteiger partial charge in [0.1, 0.15) is 0 Å². The van der Waals surface area contributed by atoms with E-state index in [1.165, 1.54) is 5.54 Å². The van der Waals surface area contributed by atoms with Crippen LogP contribution in [0.2, 0.25) is 0 Å². The number of hydrogen-bond donors (Lipinski definition) is 0. The van der Waals surface area contributed by atoms with E-state index < -0.39 is 0 Å². The SMILES string of the molecule is CC(=O)c1ccc(SCC(Cl)=CCl)cc1. The standard InChI is InChI=1S/C11H10Cl2OS/c1-8(14)9-2-4-11(5-3-9)15-7-10(13)6-12/h2-6H,7H2,1H3. The summed E-state index contributed by atoms with van der Waals surface area (Å²) in [6.07, 6.45) is 0. The summed E-state index contributed by atoms with van der Waals surface area (Å²) in [6, 6.07) is 7.42. The van der Waals surface area contributed by atoms with Crippen LogP contribution in [0.5, 0.6) is 0 Å². The minimum atomic E-state index is 0.0743. The van der Waals surface area contributed by atoms with Gasteiger partial charge in [0, 0.05) is 26.8 Å². The monoisotopic (exact) mass is 260 g/mol. The summed E-state index contributed by atoms with van der Waals surface area (Å²) < 4.78 is 0. The molecular weight excluding hydrogens is 251 g/mol. The first-order valence-electron chi connectivity index (χ1n) is 4.32. The molecule has 15 heavy (non-hydrogen) atoms. The molecule has 4 heteroatoms. The summed E-state index contributed by atoms with van der Waals surface area (Å²) >= 11 is 12.8. The number of rotatable bonds is 4. The maximum absolute atomic E-state index is 11.0. The lowest BCUT2D eigenvalue weighted by Gasteiger charge is -2.01. The van der Waals surface area contributed by atoms with E-state index in [0.717, 1.165) is 10.5 Å². The fraction of sp³-hybridized carbons (Fsp3) is 0.182. The molecule has 1 aromatic carbocycles. The van der Waals surface area contributed by atoms with E-state index in [2.05, 4.69) is 0 Å². The molecule has 0 fully saturated rings. The first-order chi connectivity index (χ1) is 7.13. The molecule has 1 rings (SSSR count). The predicted octanol–water partition coefficient (Wildman–Crippen LogP) is 4.30. The molecule has 0 radical (unpaired) electrons. The van der Waals surface area contributed by atoms with E-state index in [-0.39, 0.29) is 5.78 Å². The fourth-order valence-electron chi connectivity index (χ4n) is 0.970. The molecular formula is C11H10Cl2OS. The summed E-state index contributed by atoms with van der Waals surface area (Å²) in [5.74, 6) is 0.718. The third-order valence-electron chi connectivity index (χ3n) is 1.76. The van der Waals surface area contributed by atoms with Gasteiger partial charge in [-0.05, 0) is 19.1 Å². The van der Waals surface area contributed by atoms with Gasteiger partial charge in [-0.3, -0.25) is 4.79 Å². The van der Waals surface area contributed by atoms with Crippen LogP contribution in [-0.2, 0) is 0 Å². The van der Waals surface area contributed by atoms with Crippen molar-refractivity contribution < 1.29 is 4.79 Å². The molecule has 0 aromatic heterocycles. The van der Waals surface area contributed by atoms with Crippen LogP contribution in [0, 0.1) is 0 Å². The minimum absolute atomic E-state index is 0.0743. The summed E-state index contributed by atoms with van der Waals surface area (Å²) in [7, 11) is 0. The number of hydrogen-bond acceptors (Lipinski definition) is 2. The summed E-state index contributed by atoms with van der Waals surface area (Å²) in [4.78, 5) is 12.1. The van der Waals surface area contributed by atoms with Crippen LogP contribution in [0.25, 0.3) is 0 Å². The maximum Gasteiger partial charge on any atom is 0.159 e. The van der Waals surface area contributed by atoms with Crippen molar-refractivity contribution in [3.8, 4) is 0 Å². The Kier molecular flexibility index (Phi) is 5.23. The van der Waals surface area contributed by atoms with Crippen molar-refractivity contribution in [2.24, 2.45) is 0 Å². The first kappa shape index (κ1) is 12.6. The first-order valence-corrected chi connectivity index (χ1v) is 6.12. The second-order valence-electron chi connectivity index (χ2n) is 2.93. The van der Waals surface area contributed by atoms with Crippen molar-refractivity contribution in [3.63, 3.8) is 0 Å². The highest BCUT2D eigenvalue weighted by Gasteiger charge is 2.00. The summed E-state index contributed by atoms with van der Waals surface area (Å²) in [5.41, 5.74) is 2.08. The van der Waals surface area contributed by atoms with E-state index >= 15 is 0 Å². The number of carbonyl (C=O) groups excluding carboxylic acids is 1. The molecule has 0 aliphatic heterocycles. The number of Topliss-reactive ketones (excluding diaryl/α,β-unsaturated/α-hetero) is 1. The van der Waals surface area contributed by atoms with Crippen LogP contribution in [0.1, 0.15) is 17.3 Å². The molecule has 1 nitrogen and oxygen atoms in total. The molecule has 0 amide bonds. The smallest absolute Gasteiger partial charge is 0.159 e. The highest BCUT2D eigenvalue weighted by molar-refractivity contribution is 7.99. The average molecular weight is 261 g/mol. The Bertz CT molecular complexity index is 371. The molecule has 80 valence electrons. The molecule has 0 heterocycles. The lowest BCUT2D eigenvalue weighted by molar-refractivity contribution is 0.101. The third-order valence-corrected chi connectivity index (χ3v) is 3.59. The van der Waals surface area contributed by atoms with E-state index in [1.807, 2.05) is 24.3 Å². The number of thioether (sulfide) groups is 1. The van der Waals surface area contributed by atoms with E-state index in [4.69, 9.17) is 23.2 Å². The second kappa shape index (κ2) is 6.21. The Morgan fingerprint density at radius 1 is 1.40 bits per heavy atom. The van der Waals surface area contributed by atoms with E-state index in [1.54, 1.807) is 18.7 Å². The Hall–Kier alpha value is -0.440. The van der Waals surface area contributed by atoms with Crippen LogP contribution in [0.15, 0.2) is 39.7 Å². The molecule has 0 spiro atoms. The zero-order valence-corrected chi connectivity index (χ0v) is 10.5. The van der Waals surface area contributed by atoms with E-state index in [9.17, 15) is 4.79 Å². The lowest BCUT2D eigenvalue weighted by Crippen LogP contribution is -1.90. The van der Waals surface area contributed by atoms with Crippen molar-refractivity contribution in [1.82, 2.24) is 0 Å². The van der Waals surface area contributed by atoms with Crippen LogP contribution in [-0.4, -0.2) is 11.5 Å². The van der Waals surface area contributed by atoms with Gasteiger partial charge >= 0.3 is 0 Å². The molecule has 0 saturated carbocycles. The highest BCUT2D eigenvalue weighted by Crippen LogP contribution is 2.22. The molecule has 1 aromatic rings. The fourth-order valence-corrected chi connectivity index (χ4v) is 2.02. The zero-order valence-electron chi connectivity index (χ0n) is 8.17. The topological polar surface area (TPSA) is 17.1 Å². The van der Waals surface area contributed by atoms with Crippen molar-refractivity contribution in [1.29, 1.82) is 0 Å². The van der Waals surface area contributed by atoms with Crippen molar-refractivity contribution >= 4 is 40.7 Å². The highest BCUT2D eigenvalue weighted by atomic mass is 35.5. The van der Waals surface area contributed by atoms with Crippen LogP contribution < -0.4 is 0 Å². The van der Waals surface area contributed by atoms with Gasteiger partial charge in [-0.25, -0.2) is 0 Å². The van der Waals surface area contributed by atoms with Gasteiger partial charge in [-0.15, -0.1) is 11.8 Å². The molecule has 0 unspecified atom stereocenters. The largest absolute Gasteiger partial charge is 0.295 e. The molecule has 0 aliphatic carbocycles. The van der Waals surface area contributed by atoms with Crippen LogP contribution >= 0.6 is 35.0 Å². The third kappa shape index (κ3) is 4.29. The summed E-state index contributed by atoms with van der Waals surface area (Å²) in [6.45, 7) is 1.55. The number of benzene rings is 1. The Morgan fingerprint density at radius 3 is 2.47 bits per heavy atom. The molecule has 0 N–H and O–H groups in total. The number of halogens is 2.